The van der Waals surface area contributed by atoms with Gasteiger partial charge in [-0.1, -0.05) is 0 Å². The Morgan fingerprint density at radius 3 is 2.83 bits per heavy atom. The van der Waals surface area contributed by atoms with E-state index in [2.05, 4.69) is 24.1 Å². The summed E-state index contributed by atoms with van der Waals surface area (Å²) in [7, 11) is 0. The Kier molecular flexibility index (Phi) is 3.13. The van der Waals surface area contributed by atoms with E-state index in [-0.39, 0.29) is 16.9 Å². The van der Waals surface area contributed by atoms with Gasteiger partial charge in [-0.15, -0.1) is 0 Å². The van der Waals surface area contributed by atoms with E-state index in [0.717, 1.165) is 25.3 Å². The Bertz CT molecular complexity index is 473. The number of benzene rings is 1. The van der Waals surface area contributed by atoms with Crippen LogP contribution >= 0.6 is 0 Å². The Morgan fingerprint density at radius 1 is 1.50 bits per heavy atom. The van der Waals surface area contributed by atoms with E-state index in [4.69, 9.17) is 5.73 Å². The van der Waals surface area contributed by atoms with Gasteiger partial charge < -0.3 is 16.0 Å². The zero-order valence-electron chi connectivity index (χ0n) is 10.6. The fourth-order valence-corrected chi connectivity index (χ4v) is 2.25. The second kappa shape index (κ2) is 4.45. The van der Waals surface area contributed by atoms with Crippen LogP contribution in [-0.4, -0.2) is 30.1 Å². The molecular weight excluding hydrogens is 232 g/mol. The van der Waals surface area contributed by atoms with Crippen molar-refractivity contribution in [3.63, 3.8) is 0 Å². The van der Waals surface area contributed by atoms with Gasteiger partial charge in [-0.05, 0) is 26.0 Å². The second-order valence-corrected chi connectivity index (χ2v) is 5.23. The normalized spacial score (nSPS) is 18.7. The molecule has 2 rings (SSSR count). The monoisotopic (exact) mass is 250 g/mol. The lowest BCUT2D eigenvalue weighted by molar-refractivity contribution is -0.383. The first-order valence-electron chi connectivity index (χ1n) is 5.93. The molecule has 6 nitrogen and oxygen atoms in total. The molecular formula is C12H18N4O2. The van der Waals surface area contributed by atoms with Crippen LogP contribution in [-0.2, 0) is 0 Å². The van der Waals surface area contributed by atoms with Crippen molar-refractivity contribution in [3.05, 3.63) is 28.3 Å². The molecule has 3 N–H and O–H groups in total. The van der Waals surface area contributed by atoms with Gasteiger partial charge in [0.05, 0.1) is 4.92 Å². The van der Waals surface area contributed by atoms with Gasteiger partial charge in [0.25, 0.3) is 5.69 Å². The van der Waals surface area contributed by atoms with Gasteiger partial charge in [0.15, 0.2) is 0 Å². The second-order valence-electron chi connectivity index (χ2n) is 5.23. The van der Waals surface area contributed by atoms with Gasteiger partial charge in [-0.3, -0.25) is 10.1 Å². The fourth-order valence-electron chi connectivity index (χ4n) is 2.25. The molecule has 98 valence electrons. The van der Waals surface area contributed by atoms with Crippen LogP contribution in [0.5, 0.6) is 0 Å². The van der Waals surface area contributed by atoms with E-state index in [1.807, 2.05) is 6.07 Å². The number of anilines is 2. The highest BCUT2D eigenvalue weighted by atomic mass is 16.6. The van der Waals surface area contributed by atoms with Gasteiger partial charge in [-0.25, -0.2) is 0 Å². The SMILES string of the molecule is CC1(C)CN(c2ccc(N)c([N+](=O)[O-])c2)CCN1. The summed E-state index contributed by atoms with van der Waals surface area (Å²) in [6, 6.07) is 4.99. The summed E-state index contributed by atoms with van der Waals surface area (Å²) < 4.78 is 0. The molecule has 0 atom stereocenters. The zero-order valence-corrected chi connectivity index (χ0v) is 10.6. The number of nitro groups is 1. The number of nitro benzene ring substituents is 1. The highest BCUT2D eigenvalue weighted by molar-refractivity contribution is 5.66. The van der Waals surface area contributed by atoms with Crippen LogP contribution in [0.25, 0.3) is 0 Å². The summed E-state index contributed by atoms with van der Waals surface area (Å²) in [6.07, 6.45) is 0. The molecule has 0 aliphatic carbocycles. The molecule has 1 aromatic rings. The van der Waals surface area contributed by atoms with E-state index in [1.165, 1.54) is 0 Å². The first kappa shape index (κ1) is 12.6. The minimum absolute atomic E-state index is 0.00835. The summed E-state index contributed by atoms with van der Waals surface area (Å²) in [5, 5.41) is 14.3. The van der Waals surface area contributed by atoms with E-state index in [1.54, 1.807) is 12.1 Å². The molecule has 1 aromatic carbocycles. The number of hydrogen-bond acceptors (Lipinski definition) is 5. The van der Waals surface area contributed by atoms with Crippen LogP contribution in [0, 0.1) is 10.1 Å². The molecule has 0 spiro atoms. The number of piperazine rings is 1. The van der Waals surface area contributed by atoms with Crippen molar-refractivity contribution < 1.29 is 4.92 Å². The predicted molar refractivity (Wildman–Crippen MR) is 71.8 cm³/mol. The fraction of sp³-hybridized carbons (Fsp3) is 0.500. The van der Waals surface area contributed by atoms with Gasteiger partial charge in [0.2, 0.25) is 0 Å². The number of hydrogen-bond donors (Lipinski definition) is 2. The van der Waals surface area contributed by atoms with Gasteiger partial charge in [0.1, 0.15) is 5.69 Å². The van der Waals surface area contributed by atoms with Crippen molar-refractivity contribution in [2.75, 3.05) is 30.3 Å². The summed E-state index contributed by atoms with van der Waals surface area (Å²) >= 11 is 0. The molecule has 1 fully saturated rings. The molecule has 18 heavy (non-hydrogen) atoms. The maximum Gasteiger partial charge on any atom is 0.294 e. The number of nitrogens with zero attached hydrogens (tertiary/aromatic N) is 2. The summed E-state index contributed by atoms with van der Waals surface area (Å²) in [6.45, 7) is 6.75. The molecule has 1 saturated heterocycles. The molecule has 6 heteroatoms. The standard InChI is InChI=1S/C12H18N4O2/c1-12(2)8-15(6-5-14-12)9-3-4-10(13)11(7-9)16(17)18/h3-4,7,14H,5-6,8,13H2,1-2H3. The number of nitrogen functional groups attached to an aromatic ring is 1. The van der Waals surface area contributed by atoms with Crippen LogP contribution in [0.2, 0.25) is 0 Å². The van der Waals surface area contributed by atoms with Crippen LogP contribution in [0.15, 0.2) is 18.2 Å². The molecule has 1 aliphatic heterocycles. The molecule has 0 amide bonds. The van der Waals surface area contributed by atoms with Crippen molar-refractivity contribution in [2.24, 2.45) is 0 Å². The molecule has 1 aliphatic rings. The van der Waals surface area contributed by atoms with E-state index in [9.17, 15) is 10.1 Å². The Morgan fingerprint density at radius 2 is 2.22 bits per heavy atom. The molecule has 0 bridgehead atoms. The van der Waals surface area contributed by atoms with E-state index < -0.39 is 4.92 Å². The Hall–Kier alpha value is -1.82. The van der Waals surface area contributed by atoms with Crippen LogP contribution in [0.1, 0.15) is 13.8 Å². The quantitative estimate of drug-likeness (QED) is 0.470. The third-order valence-electron chi connectivity index (χ3n) is 3.15. The lowest BCUT2D eigenvalue weighted by Gasteiger charge is -2.40. The minimum Gasteiger partial charge on any atom is -0.393 e. The average molecular weight is 250 g/mol. The first-order valence-corrected chi connectivity index (χ1v) is 5.93. The van der Waals surface area contributed by atoms with Crippen LogP contribution in [0.3, 0.4) is 0 Å². The number of rotatable bonds is 2. The molecule has 0 radical (unpaired) electrons. The maximum absolute atomic E-state index is 10.9. The van der Waals surface area contributed by atoms with Crippen molar-refractivity contribution in [1.29, 1.82) is 0 Å². The lowest BCUT2D eigenvalue weighted by atomic mass is 10.0. The van der Waals surface area contributed by atoms with Crippen LogP contribution < -0.4 is 16.0 Å². The smallest absolute Gasteiger partial charge is 0.294 e. The van der Waals surface area contributed by atoms with Gasteiger partial charge in [0, 0.05) is 36.9 Å². The van der Waals surface area contributed by atoms with Crippen molar-refractivity contribution in [2.45, 2.75) is 19.4 Å². The largest absolute Gasteiger partial charge is 0.393 e. The Balaban J connectivity index is 2.28. The molecule has 1 heterocycles. The minimum atomic E-state index is -0.438. The van der Waals surface area contributed by atoms with E-state index >= 15 is 0 Å². The summed E-state index contributed by atoms with van der Waals surface area (Å²) in [5.74, 6) is 0. The van der Waals surface area contributed by atoms with E-state index in [0.29, 0.717) is 0 Å². The number of nitrogens with one attached hydrogen (secondary N) is 1. The third-order valence-corrected chi connectivity index (χ3v) is 3.15. The first-order chi connectivity index (χ1) is 8.39. The van der Waals surface area contributed by atoms with Crippen molar-refractivity contribution in [1.82, 2.24) is 5.32 Å². The van der Waals surface area contributed by atoms with Gasteiger partial charge in [-0.2, -0.15) is 0 Å². The third kappa shape index (κ3) is 2.53. The molecule has 0 aromatic heterocycles. The molecule has 0 unspecified atom stereocenters. The zero-order chi connectivity index (χ0) is 13.3. The van der Waals surface area contributed by atoms with Crippen molar-refractivity contribution in [3.8, 4) is 0 Å². The maximum atomic E-state index is 10.9. The Labute approximate surface area is 106 Å². The predicted octanol–water partition coefficient (Wildman–Crippen LogP) is 1.37. The topological polar surface area (TPSA) is 84.4 Å². The molecule has 0 saturated carbocycles. The summed E-state index contributed by atoms with van der Waals surface area (Å²) in [5.41, 5.74) is 6.64. The van der Waals surface area contributed by atoms with Crippen molar-refractivity contribution >= 4 is 17.1 Å². The lowest BCUT2D eigenvalue weighted by Crippen LogP contribution is -2.57. The van der Waals surface area contributed by atoms with Crippen LogP contribution in [0.4, 0.5) is 17.1 Å². The summed E-state index contributed by atoms with van der Waals surface area (Å²) in [4.78, 5) is 12.6. The highest BCUT2D eigenvalue weighted by Crippen LogP contribution is 2.28. The van der Waals surface area contributed by atoms with Gasteiger partial charge >= 0.3 is 0 Å². The average Bonchev–Trinajstić information content (AvgIpc) is 2.27. The highest BCUT2D eigenvalue weighted by Gasteiger charge is 2.26. The number of nitrogens with two attached hydrogens (primary N) is 1.